The lowest BCUT2D eigenvalue weighted by atomic mass is 10.1. The molecule has 0 amide bonds. The van der Waals surface area contributed by atoms with Crippen LogP contribution in [0.1, 0.15) is 233 Å². The molecular formula is C62H100O6. The van der Waals surface area contributed by atoms with Crippen LogP contribution in [-0.4, -0.2) is 37.2 Å². The fraction of sp³-hybridized carbons (Fsp3) is 0.629. The molecule has 0 aliphatic carbocycles. The summed E-state index contributed by atoms with van der Waals surface area (Å²) in [7, 11) is 0. The molecular weight excluding hydrogens is 841 g/mol. The van der Waals surface area contributed by atoms with Crippen LogP contribution in [0, 0.1) is 0 Å². The molecule has 1 atom stereocenters. The normalized spacial score (nSPS) is 13.0. The number of esters is 3. The molecule has 0 aliphatic heterocycles. The van der Waals surface area contributed by atoms with Crippen molar-refractivity contribution in [2.45, 2.75) is 239 Å². The lowest BCUT2D eigenvalue weighted by Crippen LogP contribution is -2.30. The second kappa shape index (κ2) is 55.4. The average molecular weight is 941 g/mol. The lowest BCUT2D eigenvalue weighted by molar-refractivity contribution is -0.167. The van der Waals surface area contributed by atoms with E-state index in [2.05, 4.69) is 142 Å². The average Bonchev–Trinajstić information content (AvgIpc) is 3.34. The molecule has 0 bridgehead atoms. The van der Waals surface area contributed by atoms with E-state index in [9.17, 15) is 14.4 Å². The Hall–Kier alpha value is -4.19. The van der Waals surface area contributed by atoms with E-state index in [1.54, 1.807) is 0 Å². The highest BCUT2D eigenvalue weighted by molar-refractivity contribution is 5.71. The predicted octanol–water partition coefficient (Wildman–Crippen LogP) is 18.5. The Balaban J connectivity index is 4.51. The molecule has 6 heteroatoms. The summed E-state index contributed by atoms with van der Waals surface area (Å²) >= 11 is 0. The predicted molar refractivity (Wildman–Crippen MR) is 293 cm³/mol. The molecule has 0 N–H and O–H groups in total. The molecule has 0 saturated heterocycles. The van der Waals surface area contributed by atoms with E-state index in [1.807, 2.05) is 0 Å². The summed E-state index contributed by atoms with van der Waals surface area (Å²) in [5.41, 5.74) is 0. The highest BCUT2D eigenvalue weighted by Crippen LogP contribution is 2.13. The zero-order valence-corrected chi connectivity index (χ0v) is 43.8. The van der Waals surface area contributed by atoms with E-state index in [4.69, 9.17) is 14.2 Å². The van der Waals surface area contributed by atoms with Gasteiger partial charge >= 0.3 is 17.9 Å². The van der Waals surface area contributed by atoms with Gasteiger partial charge < -0.3 is 14.2 Å². The van der Waals surface area contributed by atoms with Crippen LogP contribution in [0.4, 0.5) is 0 Å². The number of rotatable bonds is 48. The first-order valence-electron chi connectivity index (χ1n) is 27.5. The van der Waals surface area contributed by atoms with Crippen molar-refractivity contribution in [3.05, 3.63) is 122 Å². The Morgan fingerprint density at radius 2 is 0.574 bits per heavy atom. The van der Waals surface area contributed by atoms with Crippen molar-refractivity contribution in [1.29, 1.82) is 0 Å². The van der Waals surface area contributed by atoms with Crippen molar-refractivity contribution >= 4 is 17.9 Å². The fourth-order valence-electron chi connectivity index (χ4n) is 7.10. The monoisotopic (exact) mass is 941 g/mol. The Bertz CT molecular complexity index is 1450. The van der Waals surface area contributed by atoms with Gasteiger partial charge in [-0.3, -0.25) is 14.4 Å². The van der Waals surface area contributed by atoms with Crippen molar-refractivity contribution in [2.75, 3.05) is 13.2 Å². The summed E-state index contributed by atoms with van der Waals surface area (Å²) in [6.07, 6.45) is 76.1. The van der Waals surface area contributed by atoms with Crippen molar-refractivity contribution < 1.29 is 28.6 Å². The van der Waals surface area contributed by atoms with Gasteiger partial charge in [0.05, 0.1) is 0 Å². The third kappa shape index (κ3) is 52.8. The highest BCUT2D eigenvalue weighted by atomic mass is 16.6. The Morgan fingerprint density at radius 1 is 0.309 bits per heavy atom. The molecule has 68 heavy (non-hydrogen) atoms. The van der Waals surface area contributed by atoms with Crippen LogP contribution in [0.2, 0.25) is 0 Å². The maximum Gasteiger partial charge on any atom is 0.306 e. The molecule has 0 spiro atoms. The van der Waals surface area contributed by atoms with E-state index in [1.165, 1.54) is 44.9 Å². The second-order valence-electron chi connectivity index (χ2n) is 17.7. The van der Waals surface area contributed by atoms with Gasteiger partial charge in [-0.25, -0.2) is 0 Å². The summed E-state index contributed by atoms with van der Waals surface area (Å²) in [5.74, 6) is -0.981. The maximum atomic E-state index is 12.8. The van der Waals surface area contributed by atoms with Crippen LogP contribution in [-0.2, 0) is 28.6 Å². The molecule has 0 radical (unpaired) electrons. The minimum atomic E-state index is -0.812. The van der Waals surface area contributed by atoms with Crippen LogP contribution in [0.5, 0.6) is 0 Å². The fourth-order valence-corrected chi connectivity index (χ4v) is 7.10. The first-order chi connectivity index (χ1) is 33.5. The number of hydrogen-bond acceptors (Lipinski definition) is 6. The molecule has 0 aromatic heterocycles. The van der Waals surface area contributed by atoms with E-state index in [-0.39, 0.29) is 31.1 Å². The molecule has 0 saturated carbocycles. The number of allylic oxidation sites excluding steroid dienone is 20. The zero-order chi connectivity index (χ0) is 49.3. The molecule has 0 aromatic rings. The quantitative estimate of drug-likeness (QED) is 0.0262. The van der Waals surface area contributed by atoms with Crippen LogP contribution < -0.4 is 0 Å². The summed E-state index contributed by atoms with van der Waals surface area (Å²) in [6.45, 7) is 6.33. The van der Waals surface area contributed by atoms with Crippen molar-refractivity contribution in [3.8, 4) is 0 Å². The van der Waals surface area contributed by atoms with Gasteiger partial charge in [-0.2, -0.15) is 0 Å². The highest BCUT2D eigenvalue weighted by Gasteiger charge is 2.19. The van der Waals surface area contributed by atoms with Gasteiger partial charge in [0.15, 0.2) is 6.10 Å². The van der Waals surface area contributed by atoms with E-state index in [0.29, 0.717) is 25.7 Å². The standard InChI is InChI=1S/C62H100O6/c1-4-7-10-13-16-19-22-25-28-30-31-32-35-37-40-43-46-49-52-55-61(64)67-58-59(57-66-60(63)54-51-48-45-42-39-36-33-27-24-21-18-15-12-9-6-3)68-62(65)56-53-50-47-44-41-38-34-29-26-23-20-17-14-11-8-5-2/h7,9-10,12,16,18-21,23,25,27-29,31-34,39,42,59H,4-6,8,11,13-15,17,22,24,26,30,35-38,40-41,43-58H2,1-3H3/b10-7-,12-9-,19-16-,21-18-,23-20-,28-25-,32-31-,33-27-,34-29-,42-39-. The molecule has 0 heterocycles. The van der Waals surface area contributed by atoms with Gasteiger partial charge in [-0.1, -0.05) is 206 Å². The first-order valence-corrected chi connectivity index (χ1v) is 27.5. The van der Waals surface area contributed by atoms with Crippen LogP contribution in [0.15, 0.2) is 122 Å². The van der Waals surface area contributed by atoms with Crippen molar-refractivity contribution in [2.24, 2.45) is 0 Å². The second-order valence-corrected chi connectivity index (χ2v) is 17.7. The summed E-state index contributed by atoms with van der Waals surface area (Å²) < 4.78 is 16.8. The molecule has 0 aliphatic rings. The van der Waals surface area contributed by atoms with Gasteiger partial charge in [-0.15, -0.1) is 0 Å². The van der Waals surface area contributed by atoms with E-state index < -0.39 is 6.10 Å². The number of ether oxygens (including phenoxy) is 3. The summed E-state index contributed by atoms with van der Waals surface area (Å²) in [6, 6.07) is 0. The molecule has 6 nitrogen and oxygen atoms in total. The first kappa shape index (κ1) is 63.8. The number of unbranched alkanes of at least 4 members (excludes halogenated alkanes) is 17. The Kier molecular flexibility index (Phi) is 52.0. The SMILES string of the molecule is CC/C=C\C/C=C\C/C=C\C/C=C\CCCCCCCCC(=O)OCC(COC(=O)CCCC/C=C\C/C=C\C/C=C\C/C=C\CC)OC(=O)CCCCCCC/C=C\C/C=C\CCCCCC. The van der Waals surface area contributed by atoms with Crippen molar-refractivity contribution in [3.63, 3.8) is 0 Å². The van der Waals surface area contributed by atoms with Crippen LogP contribution in [0.25, 0.3) is 0 Å². The van der Waals surface area contributed by atoms with Crippen molar-refractivity contribution in [1.82, 2.24) is 0 Å². The van der Waals surface area contributed by atoms with E-state index >= 15 is 0 Å². The van der Waals surface area contributed by atoms with Gasteiger partial charge in [0.25, 0.3) is 0 Å². The van der Waals surface area contributed by atoms with Gasteiger partial charge in [0.1, 0.15) is 13.2 Å². The Labute approximate surface area is 418 Å². The van der Waals surface area contributed by atoms with Crippen LogP contribution >= 0.6 is 0 Å². The van der Waals surface area contributed by atoms with Gasteiger partial charge in [-0.05, 0) is 128 Å². The zero-order valence-electron chi connectivity index (χ0n) is 43.8. The maximum absolute atomic E-state index is 12.8. The van der Waals surface area contributed by atoms with Gasteiger partial charge in [0, 0.05) is 19.3 Å². The third-order valence-corrected chi connectivity index (χ3v) is 11.2. The topological polar surface area (TPSA) is 78.9 Å². The molecule has 0 aromatic carbocycles. The number of hydrogen-bond donors (Lipinski definition) is 0. The Morgan fingerprint density at radius 3 is 0.926 bits per heavy atom. The lowest BCUT2D eigenvalue weighted by Gasteiger charge is -2.18. The summed E-state index contributed by atoms with van der Waals surface area (Å²) in [4.78, 5) is 38.1. The largest absolute Gasteiger partial charge is 0.462 e. The molecule has 384 valence electrons. The molecule has 1 unspecified atom stereocenters. The smallest absolute Gasteiger partial charge is 0.306 e. The molecule has 0 fully saturated rings. The summed E-state index contributed by atoms with van der Waals surface area (Å²) in [5, 5.41) is 0. The minimum Gasteiger partial charge on any atom is -0.462 e. The van der Waals surface area contributed by atoms with E-state index in [0.717, 1.165) is 141 Å². The minimum absolute atomic E-state index is 0.108. The third-order valence-electron chi connectivity index (χ3n) is 11.2. The number of carbonyl (C=O) groups is 3. The van der Waals surface area contributed by atoms with Gasteiger partial charge in [0.2, 0.25) is 0 Å². The molecule has 0 rings (SSSR count). The van der Waals surface area contributed by atoms with Crippen LogP contribution in [0.3, 0.4) is 0 Å². The number of carbonyl (C=O) groups excluding carboxylic acids is 3.